The van der Waals surface area contributed by atoms with Crippen molar-refractivity contribution in [2.24, 2.45) is 5.92 Å². The normalized spacial score (nSPS) is 22.0. The lowest BCUT2D eigenvalue weighted by molar-refractivity contribution is -0.136. The van der Waals surface area contributed by atoms with Crippen molar-refractivity contribution in [2.75, 3.05) is 19.8 Å². The topological polar surface area (TPSA) is 97.0 Å². The Balaban J connectivity index is 1.33. The summed E-state index contributed by atoms with van der Waals surface area (Å²) in [5.74, 6) is 0.676. The van der Waals surface area contributed by atoms with Gasteiger partial charge in [0.05, 0.1) is 19.3 Å². The van der Waals surface area contributed by atoms with Gasteiger partial charge in [-0.3, -0.25) is 14.5 Å². The molecule has 8 heteroatoms. The first-order valence-electron chi connectivity index (χ1n) is 12.3. The summed E-state index contributed by atoms with van der Waals surface area (Å²) in [4.78, 5) is 40.5. The van der Waals surface area contributed by atoms with Crippen molar-refractivity contribution >= 4 is 17.8 Å². The Kier molecular flexibility index (Phi) is 6.13. The molecule has 2 aliphatic heterocycles. The largest absolute Gasteiger partial charge is 0.490 e. The first-order chi connectivity index (χ1) is 16.9. The van der Waals surface area contributed by atoms with Gasteiger partial charge in [0.2, 0.25) is 5.91 Å². The highest BCUT2D eigenvalue weighted by Gasteiger charge is 2.54. The van der Waals surface area contributed by atoms with Crippen LogP contribution in [0.1, 0.15) is 55.8 Å². The highest BCUT2D eigenvalue weighted by molar-refractivity contribution is 6.09. The summed E-state index contributed by atoms with van der Waals surface area (Å²) in [6, 6.07) is 12.5. The standard InChI is InChI=1S/C27H31N3O5/c1-17(2)24(19-10-11-21-22(15-19)35-14-6-13-34-21)28-23(31)16-30-25(32)27(29-26(30)33)12-5-8-18-7-3-4-9-20(18)27/h3-4,7,9-11,15,17,24H,5-6,8,12-14,16H2,1-2H3,(H,28,31)(H,29,33)/t24-,27-/m0/s1. The molecule has 2 aromatic rings. The summed E-state index contributed by atoms with van der Waals surface area (Å²) < 4.78 is 11.5. The molecule has 0 unspecified atom stereocenters. The number of amides is 4. The van der Waals surface area contributed by atoms with E-state index in [0.717, 1.165) is 40.9 Å². The van der Waals surface area contributed by atoms with Crippen LogP contribution in [0.4, 0.5) is 4.79 Å². The average Bonchev–Trinajstić information content (AvgIpc) is 3.00. The van der Waals surface area contributed by atoms with Gasteiger partial charge in [0.1, 0.15) is 12.1 Å². The zero-order chi connectivity index (χ0) is 24.6. The number of nitrogens with zero attached hydrogens (tertiary/aromatic N) is 1. The predicted octanol–water partition coefficient (Wildman–Crippen LogP) is 3.44. The van der Waals surface area contributed by atoms with Crippen molar-refractivity contribution in [1.82, 2.24) is 15.5 Å². The molecule has 2 aromatic carbocycles. The van der Waals surface area contributed by atoms with Gasteiger partial charge in [0, 0.05) is 6.42 Å². The molecular formula is C27H31N3O5. The minimum absolute atomic E-state index is 0.0726. The van der Waals surface area contributed by atoms with Gasteiger partial charge in [-0.1, -0.05) is 44.2 Å². The number of imide groups is 1. The molecule has 4 amide bonds. The van der Waals surface area contributed by atoms with Crippen LogP contribution in [-0.2, 0) is 21.5 Å². The predicted molar refractivity (Wildman–Crippen MR) is 129 cm³/mol. The summed E-state index contributed by atoms with van der Waals surface area (Å²) >= 11 is 0. The van der Waals surface area contributed by atoms with Gasteiger partial charge >= 0.3 is 6.03 Å². The molecule has 0 aromatic heterocycles. The highest BCUT2D eigenvalue weighted by Crippen LogP contribution is 2.40. The molecular weight excluding hydrogens is 446 g/mol. The van der Waals surface area contributed by atoms with E-state index in [1.165, 1.54) is 0 Å². The number of urea groups is 1. The van der Waals surface area contributed by atoms with Gasteiger partial charge in [-0.25, -0.2) is 4.79 Å². The number of rotatable bonds is 5. The molecule has 1 saturated heterocycles. The summed E-state index contributed by atoms with van der Waals surface area (Å²) in [6.45, 7) is 4.87. The van der Waals surface area contributed by atoms with E-state index in [1.54, 1.807) is 0 Å². The first kappa shape index (κ1) is 23.2. The van der Waals surface area contributed by atoms with Crippen LogP contribution in [0.5, 0.6) is 11.5 Å². The van der Waals surface area contributed by atoms with Crippen molar-refractivity contribution in [2.45, 2.75) is 51.1 Å². The number of hydrogen-bond donors (Lipinski definition) is 2. The lowest BCUT2D eigenvalue weighted by atomic mass is 9.76. The number of carbonyl (C=O) groups excluding carboxylic acids is 3. The Bertz CT molecular complexity index is 1160. The number of benzene rings is 2. The van der Waals surface area contributed by atoms with Crippen LogP contribution in [0.15, 0.2) is 42.5 Å². The third-order valence-electron chi connectivity index (χ3n) is 7.07. The number of carbonyl (C=O) groups is 3. The number of aryl methyl sites for hydroxylation is 1. The Hall–Kier alpha value is -3.55. The Morgan fingerprint density at radius 2 is 1.86 bits per heavy atom. The third kappa shape index (κ3) is 4.22. The van der Waals surface area contributed by atoms with E-state index in [0.29, 0.717) is 31.1 Å². The summed E-state index contributed by atoms with van der Waals surface area (Å²) in [5, 5.41) is 5.93. The van der Waals surface area contributed by atoms with Crippen molar-refractivity contribution < 1.29 is 23.9 Å². The van der Waals surface area contributed by atoms with Gasteiger partial charge in [0.15, 0.2) is 11.5 Å². The highest BCUT2D eigenvalue weighted by atomic mass is 16.5. The molecule has 184 valence electrons. The molecule has 0 radical (unpaired) electrons. The third-order valence-corrected chi connectivity index (χ3v) is 7.07. The van der Waals surface area contributed by atoms with Crippen LogP contribution in [-0.4, -0.2) is 42.5 Å². The smallest absolute Gasteiger partial charge is 0.325 e. The van der Waals surface area contributed by atoms with Gasteiger partial charge in [-0.2, -0.15) is 0 Å². The molecule has 5 rings (SSSR count). The second kappa shape index (κ2) is 9.24. The van der Waals surface area contributed by atoms with Crippen LogP contribution in [0, 0.1) is 5.92 Å². The second-order valence-corrected chi connectivity index (χ2v) is 9.78. The van der Waals surface area contributed by atoms with Crippen LogP contribution >= 0.6 is 0 Å². The zero-order valence-electron chi connectivity index (χ0n) is 20.1. The Morgan fingerprint density at radius 1 is 1.09 bits per heavy atom. The van der Waals surface area contributed by atoms with Crippen molar-refractivity contribution in [3.63, 3.8) is 0 Å². The van der Waals surface area contributed by atoms with E-state index < -0.39 is 11.6 Å². The van der Waals surface area contributed by atoms with Gasteiger partial charge in [-0.15, -0.1) is 0 Å². The minimum atomic E-state index is -1.09. The molecule has 1 fully saturated rings. The van der Waals surface area contributed by atoms with E-state index in [2.05, 4.69) is 10.6 Å². The summed E-state index contributed by atoms with van der Waals surface area (Å²) in [6.07, 6.45) is 3.00. The van der Waals surface area contributed by atoms with Crippen LogP contribution in [0.25, 0.3) is 0 Å². The lowest BCUT2D eigenvalue weighted by Crippen LogP contribution is -2.47. The number of nitrogens with one attached hydrogen (secondary N) is 2. The van der Waals surface area contributed by atoms with Gasteiger partial charge in [0.25, 0.3) is 5.91 Å². The fraction of sp³-hybridized carbons (Fsp3) is 0.444. The van der Waals surface area contributed by atoms with E-state index in [9.17, 15) is 14.4 Å². The monoisotopic (exact) mass is 477 g/mol. The molecule has 0 bridgehead atoms. The maximum atomic E-state index is 13.5. The van der Waals surface area contributed by atoms with E-state index in [4.69, 9.17) is 9.47 Å². The first-order valence-corrected chi connectivity index (χ1v) is 12.3. The van der Waals surface area contributed by atoms with Crippen LogP contribution in [0.2, 0.25) is 0 Å². The number of ether oxygens (including phenoxy) is 2. The van der Waals surface area contributed by atoms with Crippen LogP contribution < -0.4 is 20.1 Å². The molecule has 35 heavy (non-hydrogen) atoms. The van der Waals surface area contributed by atoms with Crippen molar-refractivity contribution in [3.8, 4) is 11.5 Å². The fourth-order valence-corrected chi connectivity index (χ4v) is 5.33. The van der Waals surface area contributed by atoms with E-state index >= 15 is 0 Å². The summed E-state index contributed by atoms with van der Waals surface area (Å²) in [5.41, 5.74) is 1.69. The van der Waals surface area contributed by atoms with Gasteiger partial charge in [-0.05, 0) is 54.0 Å². The molecule has 2 heterocycles. The molecule has 3 aliphatic rings. The maximum Gasteiger partial charge on any atom is 0.325 e. The molecule has 2 N–H and O–H groups in total. The Labute approximate surface area is 205 Å². The molecule has 0 saturated carbocycles. The number of fused-ring (bicyclic) bond motifs is 3. The fourth-order valence-electron chi connectivity index (χ4n) is 5.33. The van der Waals surface area contributed by atoms with E-state index in [1.807, 2.05) is 56.3 Å². The van der Waals surface area contributed by atoms with Gasteiger partial charge < -0.3 is 20.1 Å². The maximum absolute atomic E-state index is 13.5. The molecule has 1 spiro atoms. The van der Waals surface area contributed by atoms with Crippen molar-refractivity contribution in [3.05, 3.63) is 59.2 Å². The van der Waals surface area contributed by atoms with Crippen molar-refractivity contribution in [1.29, 1.82) is 0 Å². The average molecular weight is 478 g/mol. The molecule has 8 nitrogen and oxygen atoms in total. The minimum Gasteiger partial charge on any atom is -0.490 e. The van der Waals surface area contributed by atoms with E-state index in [-0.39, 0.29) is 30.3 Å². The van der Waals surface area contributed by atoms with Crippen LogP contribution in [0.3, 0.4) is 0 Å². The Morgan fingerprint density at radius 3 is 2.66 bits per heavy atom. The number of hydrogen-bond acceptors (Lipinski definition) is 5. The summed E-state index contributed by atoms with van der Waals surface area (Å²) in [7, 11) is 0. The second-order valence-electron chi connectivity index (χ2n) is 9.78. The zero-order valence-corrected chi connectivity index (χ0v) is 20.1. The quantitative estimate of drug-likeness (QED) is 0.643. The molecule has 2 atom stereocenters. The SMILES string of the molecule is CC(C)[C@H](NC(=O)CN1C(=O)N[C@]2(CCCc3ccccc32)C1=O)c1ccc2c(c1)OCCCO2. The lowest BCUT2D eigenvalue weighted by Gasteiger charge is -2.33. The molecule has 1 aliphatic carbocycles.